The Bertz CT molecular complexity index is 342. The third-order valence-electron chi connectivity index (χ3n) is 1.89. The maximum atomic E-state index is 6.00. The molecular weight excluding hydrogens is 315 g/mol. The molecule has 83 valence electrons. The molecule has 0 N–H and O–H groups in total. The van der Waals surface area contributed by atoms with Crippen LogP contribution in [0.3, 0.4) is 0 Å². The third kappa shape index (κ3) is 3.79. The summed E-state index contributed by atoms with van der Waals surface area (Å²) in [7, 11) is -0.476. The van der Waals surface area contributed by atoms with Crippen molar-refractivity contribution in [3.05, 3.63) is 21.8 Å². The Kier molecular flexibility index (Phi) is 4.23. The van der Waals surface area contributed by atoms with Gasteiger partial charge in [-0.3, -0.25) is 0 Å². The molecule has 3 heteroatoms. The minimum absolute atomic E-state index is 0.115. The first-order valence-corrected chi connectivity index (χ1v) is 8.67. The van der Waals surface area contributed by atoms with Crippen molar-refractivity contribution in [1.82, 2.24) is 0 Å². The Labute approximate surface area is 108 Å². The summed E-state index contributed by atoms with van der Waals surface area (Å²) < 4.78 is 7.32. The van der Waals surface area contributed by atoms with Gasteiger partial charge in [0.25, 0.3) is 0 Å². The van der Waals surface area contributed by atoms with Crippen LogP contribution in [0.5, 0.6) is 5.75 Å². The van der Waals surface area contributed by atoms with E-state index in [1.807, 2.05) is 0 Å². The minimum atomic E-state index is -0.476. The molecule has 1 aromatic rings. The minimum Gasteiger partial charge on any atom is -0.488 e. The number of hydrogen-bond acceptors (Lipinski definition) is 1. The summed E-state index contributed by atoms with van der Waals surface area (Å²) in [6, 6.07) is 6.31. The average Bonchev–Trinajstić information content (AvgIpc) is 1.99. The van der Waals surface area contributed by atoms with Crippen LogP contribution in [0.25, 0.3) is 0 Å². The van der Waals surface area contributed by atoms with Crippen LogP contribution >= 0.6 is 22.6 Å². The zero-order chi connectivity index (χ0) is 11.6. The SMILES string of the molecule is C[Si](C)c1c(I)cccc1OC(C)(C)C. The molecule has 1 radical (unpaired) electrons. The molecule has 0 unspecified atom stereocenters. The van der Waals surface area contributed by atoms with Crippen LogP contribution in [0.2, 0.25) is 13.1 Å². The van der Waals surface area contributed by atoms with E-state index in [0.29, 0.717) is 0 Å². The highest BCUT2D eigenvalue weighted by Gasteiger charge is 2.18. The van der Waals surface area contributed by atoms with Crippen LogP contribution in [-0.2, 0) is 0 Å². The lowest BCUT2D eigenvalue weighted by Gasteiger charge is -2.24. The normalized spacial score (nSPS) is 11.9. The lowest BCUT2D eigenvalue weighted by Crippen LogP contribution is -2.32. The van der Waals surface area contributed by atoms with Crippen molar-refractivity contribution < 1.29 is 4.74 Å². The molecule has 0 aromatic heterocycles. The van der Waals surface area contributed by atoms with E-state index in [4.69, 9.17) is 4.74 Å². The predicted molar refractivity (Wildman–Crippen MR) is 76.7 cm³/mol. The van der Waals surface area contributed by atoms with E-state index in [9.17, 15) is 0 Å². The van der Waals surface area contributed by atoms with Crippen molar-refractivity contribution in [2.24, 2.45) is 0 Å². The van der Waals surface area contributed by atoms with Crippen molar-refractivity contribution in [3.8, 4) is 5.75 Å². The van der Waals surface area contributed by atoms with E-state index >= 15 is 0 Å². The molecule has 0 amide bonds. The number of benzene rings is 1. The second-order valence-corrected chi connectivity index (χ2v) is 8.49. The molecular formula is C12H18IOSi. The van der Waals surface area contributed by atoms with Crippen LogP contribution in [0.4, 0.5) is 0 Å². The van der Waals surface area contributed by atoms with Gasteiger partial charge in [-0.1, -0.05) is 19.2 Å². The lowest BCUT2D eigenvalue weighted by atomic mass is 10.2. The summed E-state index contributed by atoms with van der Waals surface area (Å²) in [6.07, 6.45) is 0. The van der Waals surface area contributed by atoms with Gasteiger partial charge in [-0.15, -0.1) is 0 Å². The van der Waals surface area contributed by atoms with E-state index < -0.39 is 8.80 Å². The molecule has 0 spiro atoms. The van der Waals surface area contributed by atoms with Crippen molar-refractivity contribution in [1.29, 1.82) is 0 Å². The highest BCUT2D eigenvalue weighted by Crippen LogP contribution is 2.19. The first-order chi connectivity index (χ1) is 6.81. The molecule has 0 aliphatic heterocycles. The van der Waals surface area contributed by atoms with Crippen LogP contribution < -0.4 is 9.92 Å². The van der Waals surface area contributed by atoms with Gasteiger partial charge < -0.3 is 4.74 Å². The molecule has 0 aliphatic carbocycles. The number of rotatable bonds is 2. The summed E-state index contributed by atoms with van der Waals surface area (Å²) in [5.74, 6) is 1.06. The molecule has 15 heavy (non-hydrogen) atoms. The second-order valence-electron chi connectivity index (χ2n) is 4.83. The van der Waals surface area contributed by atoms with Crippen molar-refractivity contribution in [2.45, 2.75) is 39.5 Å². The Morgan fingerprint density at radius 1 is 1.20 bits per heavy atom. The Balaban J connectivity index is 3.12. The van der Waals surface area contributed by atoms with Gasteiger partial charge in [0.15, 0.2) is 0 Å². The molecule has 0 heterocycles. The summed E-state index contributed by atoms with van der Waals surface area (Å²) >= 11 is 2.40. The zero-order valence-electron chi connectivity index (χ0n) is 10.0. The standard InChI is InChI=1S/C12H18IOSi/c1-12(2,3)14-10-8-6-7-9(13)11(10)15(4)5/h6-8H,1-5H3. The maximum Gasteiger partial charge on any atom is 0.120 e. The quantitative estimate of drug-likeness (QED) is 0.595. The smallest absolute Gasteiger partial charge is 0.120 e. The van der Waals surface area contributed by atoms with Gasteiger partial charge >= 0.3 is 0 Å². The van der Waals surface area contributed by atoms with Gasteiger partial charge in [0.1, 0.15) is 11.4 Å². The largest absolute Gasteiger partial charge is 0.488 e. The first-order valence-electron chi connectivity index (χ1n) is 5.09. The highest BCUT2D eigenvalue weighted by atomic mass is 127. The monoisotopic (exact) mass is 333 g/mol. The fourth-order valence-electron chi connectivity index (χ4n) is 1.40. The summed E-state index contributed by atoms with van der Waals surface area (Å²) in [5.41, 5.74) is -0.115. The molecule has 0 saturated heterocycles. The molecule has 0 saturated carbocycles. The second kappa shape index (κ2) is 4.87. The summed E-state index contributed by atoms with van der Waals surface area (Å²) in [5, 5.41) is 1.41. The van der Waals surface area contributed by atoms with Crippen molar-refractivity contribution in [2.75, 3.05) is 0 Å². The maximum absolute atomic E-state index is 6.00. The Morgan fingerprint density at radius 2 is 1.80 bits per heavy atom. The summed E-state index contributed by atoms with van der Waals surface area (Å²) in [4.78, 5) is 0. The lowest BCUT2D eigenvalue weighted by molar-refractivity contribution is 0.132. The highest BCUT2D eigenvalue weighted by molar-refractivity contribution is 14.1. The zero-order valence-corrected chi connectivity index (χ0v) is 13.2. The topological polar surface area (TPSA) is 9.23 Å². The van der Waals surface area contributed by atoms with Gasteiger partial charge in [-0.05, 0) is 60.7 Å². The van der Waals surface area contributed by atoms with Gasteiger partial charge in [0, 0.05) is 3.57 Å². The van der Waals surface area contributed by atoms with E-state index in [-0.39, 0.29) is 5.60 Å². The van der Waals surface area contributed by atoms with E-state index in [1.165, 1.54) is 8.76 Å². The Morgan fingerprint density at radius 3 is 2.27 bits per heavy atom. The van der Waals surface area contributed by atoms with Crippen LogP contribution in [0.15, 0.2) is 18.2 Å². The Hall–Kier alpha value is -0.0331. The van der Waals surface area contributed by atoms with E-state index in [0.717, 1.165) is 5.75 Å². The van der Waals surface area contributed by atoms with Gasteiger partial charge in [-0.2, -0.15) is 0 Å². The number of halogens is 1. The van der Waals surface area contributed by atoms with Crippen molar-refractivity contribution >= 4 is 36.6 Å². The third-order valence-corrected chi connectivity index (χ3v) is 4.82. The molecule has 1 rings (SSSR count). The predicted octanol–water partition coefficient (Wildman–Crippen LogP) is 3.43. The molecule has 0 fully saturated rings. The van der Waals surface area contributed by atoms with E-state index in [2.05, 4.69) is 74.7 Å². The van der Waals surface area contributed by atoms with Gasteiger partial charge in [0.2, 0.25) is 0 Å². The fourth-order valence-corrected chi connectivity index (χ4v) is 4.68. The number of ether oxygens (including phenoxy) is 1. The molecule has 1 aromatic carbocycles. The molecule has 0 aliphatic rings. The van der Waals surface area contributed by atoms with Gasteiger partial charge in [0.05, 0.1) is 8.80 Å². The fraction of sp³-hybridized carbons (Fsp3) is 0.500. The van der Waals surface area contributed by atoms with Crippen LogP contribution in [-0.4, -0.2) is 14.4 Å². The van der Waals surface area contributed by atoms with Gasteiger partial charge in [-0.25, -0.2) is 0 Å². The molecule has 0 atom stereocenters. The van der Waals surface area contributed by atoms with Crippen LogP contribution in [0, 0.1) is 3.57 Å². The van der Waals surface area contributed by atoms with Crippen LogP contribution in [0.1, 0.15) is 20.8 Å². The average molecular weight is 333 g/mol. The molecule has 1 nitrogen and oxygen atoms in total. The van der Waals surface area contributed by atoms with Crippen molar-refractivity contribution in [3.63, 3.8) is 0 Å². The summed E-state index contributed by atoms with van der Waals surface area (Å²) in [6.45, 7) is 10.9. The first kappa shape index (κ1) is 13.0. The molecule has 0 bridgehead atoms. The van der Waals surface area contributed by atoms with E-state index in [1.54, 1.807) is 0 Å². The number of hydrogen-bond donors (Lipinski definition) is 0.